The molecule has 1 aromatic heterocycles. The maximum Gasteiger partial charge on any atom is 0.242 e. The van der Waals surface area contributed by atoms with E-state index in [-0.39, 0.29) is 18.1 Å². The molecule has 1 heterocycles. The van der Waals surface area contributed by atoms with E-state index in [1.165, 1.54) is 12.4 Å². The Balaban J connectivity index is 2.10. The summed E-state index contributed by atoms with van der Waals surface area (Å²) >= 11 is 0. The Labute approximate surface area is 114 Å². The number of anilines is 2. The molecule has 0 spiro atoms. The van der Waals surface area contributed by atoms with E-state index in [9.17, 15) is 8.78 Å². The van der Waals surface area contributed by atoms with Crippen LogP contribution in [0.3, 0.4) is 0 Å². The van der Waals surface area contributed by atoms with Gasteiger partial charge in [0.15, 0.2) is 17.5 Å². The van der Waals surface area contributed by atoms with E-state index in [2.05, 4.69) is 15.3 Å². The molecule has 0 aliphatic rings. The third-order valence-corrected chi connectivity index (χ3v) is 2.57. The lowest BCUT2D eigenvalue weighted by Crippen LogP contribution is -2.08. The van der Waals surface area contributed by atoms with E-state index in [1.54, 1.807) is 0 Å². The van der Waals surface area contributed by atoms with Gasteiger partial charge in [-0.2, -0.15) is 4.98 Å². The van der Waals surface area contributed by atoms with Gasteiger partial charge in [-0.15, -0.1) is 0 Å². The fourth-order valence-electron chi connectivity index (χ4n) is 1.61. The number of hydrogen-bond acceptors (Lipinski definition) is 5. The summed E-state index contributed by atoms with van der Waals surface area (Å²) in [6.07, 6.45) is 1.31. The van der Waals surface area contributed by atoms with Crippen molar-refractivity contribution in [3.8, 4) is 5.88 Å². The summed E-state index contributed by atoms with van der Waals surface area (Å²) in [6.45, 7) is 2.50. The molecule has 0 aliphatic heterocycles. The maximum atomic E-state index is 13.1. The van der Waals surface area contributed by atoms with Gasteiger partial charge in [0.1, 0.15) is 12.0 Å². The zero-order valence-electron chi connectivity index (χ0n) is 10.9. The summed E-state index contributed by atoms with van der Waals surface area (Å²) in [5, 5.41) is 2.93. The highest BCUT2D eigenvalue weighted by Gasteiger charge is 2.09. The fraction of sp³-hybridized carbons (Fsp3) is 0.231. The second kappa shape index (κ2) is 6.14. The van der Waals surface area contributed by atoms with E-state index < -0.39 is 11.6 Å². The zero-order valence-corrected chi connectivity index (χ0v) is 10.9. The summed E-state index contributed by atoms with van der Waals surface area (Å²) in [7, 11) is 0. The molecule has 0 amide bonds. The number of nitrogens with one attached hydrogen (secondary N) is 1. The Kier molecular flexibility index (Phi) is 4.29. The molecule has 0 unspecified atom stereocenters. The van der Waals surface area contributed by atoms with Crippen LogP contribution >= 0.6 is 0 Å². The number of nitrogens with two attached hydrogens (primary N) is 1. The molecule has 7 heteroatoms. The molecule has 2 aromatic rings. The number of aromatic nitrogens is 2. The van der Waals surface area contributed by atoms with Gasteiger partial charge >= 0.3 is 0 Å². The molecule has 5 nitrogen and oxygen atoms in total. The number of rotatable bonds is 5. The number of ether oxygens (including phenoxy) is 1. The van der Waals surface area contributed by atoms with Crippen LogP contribution in [0.4, 0.5) is 20.3 Å². The lowest BCUT2D eigenvalue weighted by Gasteiger charge is -2.11. The predicted octanol–water partition coefficient (Wildman–Crippen LogP) is 2.35. The van der Waals surface area contributed by atoms with E-state index in [1.807, 2.05) is 6.92 Å². The molecule has 106 valence electrons. The molecule has 0 bridgehead atoms. The Bertz CT molecular complexity index is 607. The van der Waals surface area contributed by atoms with E-state index >= 15 is 0 Å². The molecule has 0 saturated heterocycles. The van der Waals surface area contributed by atoms with Crippen molar-refractivity contribution in [3.63, 3.8) is 0 Å². The number of halogens is 2. The monoisotopic (exact) mass is 280 g/mol. The molecule has 0 radical (unpaired) electrons. The topological polar surface area (TPSA) is 73.1 Å². The van der Waals surface area contributed by atoms with Crippen molar-refractivity contribution in [3.05, 3.63) is 41.7 Å². The summed E-state index contributed by atoms with van der Waals surface area (Å²) < 4.78 is 31.1. The number of nitrogen functional groups attached to an aromatic ring is 1. The summed E-state index contributed by atoms with van der Waals surface area (Å²) in [5.41, 5.74) is 6.69. The maximum absolute atomic E-state index is 13.1. The van der Waals surface area contributed by atoms with E-state index in [0.29, 0.717) is 18.0 Å². The lowest BCUT2D eigenvalue weighted by atomic mass is 10.2. The van der Waals surface area contributed by atoms with Crippen molar-refractivity contribution in [1.29, 1.82) is 0 Å². The van der Waals surface area contributed by atoms with Gasteiger partial charge in [0.25, 0.3) is 0 Å². The number of nitrogens with zero attached hydrogens (tertiary/aromatic N) is 2. The van der Waals surface area contributed by atoms with Gasteiger partial charge in [0.2, 0.25) is 5.88 Å². The molecule has 2 rings (SSSR count). The molecular weight excluding hydrogens is 266 g/mol. The summed E-state index contributed by atoms with van der Waals surface area (Å²) in [4.78, 5) is 7.88. The molecule has 3 N–H and O–H groups in total. The molecule has 0 fully saturated rings. The van der Waals surface area contributed by atoms with Gasteiger partial charge in [-0.05, 0) is 24.6 Å². The molecule has 1 aromatic carbocycles. The second-order valence-electron chi connectivity index (χ2n) is 3.98. The summed E-state index contributed by atoms with van der Waals surface area (Å²) in [6, 6.07) is 3.66. The molecule has 0 aliphatic carbocycles. The first-order chi connectivity index (χ1) is 9.61. The first-order valence-electron chi connectivity index (χ1n) is 6.03. The van der Waals surface area contributed by atoms with Crippen LogP contribution in [0.1, 0.15) is 12.5 Å². The largest absolute Gasteiger partial charge is 0.476 e. The van der Waals surface area contributed by atoms with Gasteiger partial charge < -0.3 is 15.8 Å². The Hall–Kier alpha value is -2.44. The van der Waals surface area contributed by atoms with Crippen molar-refractivity contribution < 1.29 is 13.5 Å². The third kappa shape index (κ3) is 3.11. The molecule has 20 heavy (non-hydrogen) atoms. The Morgan fingerprint density at radius 2 is 2.05 bits per heavy atom. The van der Waals surface area contributed by atoms with E-state index in [4.69, 9.17) is 10.5 Å². The molecule has 0 saturated carbocycles. The van der Waals surface area contributed by atoms with Crippen molar-refractivity contribution in [2.24, 2.45) is 0 Å². The average molecular weight is 280 g/mol. The Morgan fingerprint density at radius 1 is 1.25 bits per heavy atom. The van der Waals surface area contributed by atoms with Crippen LogP contribution in [-0.2, 0) is 6.54 Å². The first-order valence-corrected chi connectivity index (χ1v) is 6.03. The van der Waals surface area contributed by atoms with E-state index in [0.717, 1.165) is 12.1 Å². The zero-order chi connectivity index (χ0) is 14.5. The van der Waals surface area contributed by atoms with Crippen LogP contribution in [0.5, 0.6) is 5.88 Å². The minimum absolute atomic E-state index is 0.254. The van der Waals surface area contributed by atoms with Crippen molar-refractivity contribution in [2.75, 3.05) is 17.7 Å². The average Bonchev–Trinajstić information content (AvgIpc) is 2.44. The summed E-state index contributed by atoms with van der Waals surface area (Å²) in [5.74, 6) is -1.10. The van der Waals surface area contributed by atoms with Gasteiger partial charge in [0.05, 0.1) is 6.61 Å². The van der Waals surface area contributed by atoms with Crippen molar-refractivity contribution in [1.82, 2.24) is 9.97 Å². The SMILES string of the molecule is CCOc1ncnc(NCc2ccc(F)c(F)c2)c1N. The highest BCUT2D eigenvalue weighted by Crippen LogP contribution is 2.24. The van der Waals surface area contributed by atoms with Crippen molar-refractivity contribution in [2.45, 2.75) is 13.5 Å². The standard InChI is InChI=1S/C13H14F2N4O/c1-2-20-13-11(16)12(18-7-19-13)17-6-8-3-4-9(14)10(15)5-8/h3-5,7H,2,6,16H2,1H3,(H,17,18,19). The van der Waals surface area contributed by atoms with Crippen molar-refractivity contribution >= 4 is 11.5 Å². The van der Waals surface area contributed by atoms with Gasteiger partial charge in [-0.25, -0.2) is 13.8 Å². The quantitative estimate of drug-likeness (QED) is 0.879. The van der Waals surface area contributed by atoms with Crippen LogP contribution in [0, 0.1) is 11.6 Å². The highest BCUT2D eigenvalue weighted by molar-refractivity contribution is 5.66. The van der Waals surface area contributed by atoms with Gasteiger partial charge in [0, 0.05) is 6.54 Å². The van der Waals surface area contributed by atoms with Gasteiger partial charge in [-0.3, -0.25) is 0 Å². The first kappa shape index (κ1) is 14.0. The second-order valence-corrected chi connectivity index (χ2v) is 3.98. The predicted molar refractivity (Wildman–Crippen MR) is 71.3 cm³/mol. The van der Waals surface area contributed by atoms with Crippen LogP contribution in [0.15, 0.2) is 24.5 Å². The van der Waals surface area contributed by atoms with Gasteiger partial charge in [-0.1, -0.05) is 6.07 Å². The number of hydrogen-bond donors (Lipinski definition) is 2. The van der Waals surface area contributed by atoms with Crippen LogP contribution in [-0.4, -0.2) is 16.6 Å². The Morgan fingerprint density at radius 3 is 2.75 bits per heavy atom. The smallest absolute Gasteiger partial charge is 0.242 e. The van der Waals surface area contributed by atoms with Crippen LogP contribution in [0.25, 0.3) is 0 Å². The van der Waals surface area contributed by atoms with Crippen LogP contribution < -0.4 is 15.8 Å². The molecular formula is C13H14F2N4O. The number of benzene rings is 1. The lowest BCUT2D eigenvalue weighted by molar-refractivity contribution is 0.328. The van der Waals surface area contributed by atoms with Crippen LogP contribution in [0.2, 0.25) is 0 Å². The third-order valence-electron chi connectivity index (χ3n) is 2.57. The fourth-order valence-corrected chi connectivity index (χ4v) is 1.61. The minimum Gasteiger partial charge on any atom is -0.476 e. The molecule has 0 atom stereocenters. The minimum atomic E-state index is -0.894. The highest BCUT2D eigenvalue weighted by atomic mass is 19.2. The normalized spacial score (nSPS) is 10.3.